The fourth-order valence-corrected chi connectivity index (χ4v) is 8.79. The van der Waals surface area contributed by atoms with Crippen molar-refractivity contribution in [3.05, 3.63) is 142 Å². The number of benzene rings is 3. The molecule has 2 fully saturated rings. The molecule has 8 rings (SSSR count). The van der Waals surface area contributed by atoms with Gasteiger partial charge in [0.2, 0.25) is 11.8 Å². The maximum absolute atomic E-state index is 14.9. The van der Waals surface area contributed by atoms with Gasteiger partial charge in [0.1, 0.15) is 18.1 Å². The van der Waals surface area contributed by atoms with Gasteiger partial charge in [-0.25, -0.2) is 0 Å². The van der Waals surface area contributed by atoms with Gasteiger partial charge in [0, 0.05) is 16.5 Å². The largest absolute Gasteiger partial charge is 0.463 e. The molecule has 1 saturated carbocycles. The van der Waals surface area contributed by atoms with E-state index in [0.717, 1.165) is 5.57 Å². The zero-order valence-electron chi connectivity index (χ0n) is 25.2. The molecule has 2 heterocycles. The van der Waals surface area contributed by atoms with E-state index < -0.39 is 35.0 Å². The van der Waals surface area contributed by atoms with Gasteiger partial charge in [-0.3, -0.25) is 24.1 Å². The van der Waals surface area contributed by atoms with Crippen LogP contribution >= 0.6 is 11.6 Å². The molecule has 1 saturated heterocycles. The first-order valence-corrected chi connectivity index (χ1v) is 16.2. The number of carbonyl (C=O) groups is 4. The topological polar surface area (TPSA) is 105 Å². The Morgan fingerprint density at radius 1 is 0.830 bits per heavy atom. The quantitative estimate of drug-likeness (QED) is 0.198. The molecule has 3 aliphatic carbocycles. The third-order valence-corrected chi connectivity index (χ3v) is 10.8. The van der Waals surface area contributed by atoms with E-state index >= 15 is 0 Å². The van der Waals surface area contributed by atoms with Gasteiger partial charge in [0.25, 0.3) is 0 Å². The summed E-state index contributed by atoms with van der Waals surface area (Å²) in [6.07, 6.45) is 3.97. The van der Waals surface area contributed by atoms with Crippen LogP contribution in [0.25, 0.3) is 5.57 Å². The molecular weight excluding hydrogens is 614 g/mol. The molecule has 0 spiro atoms. The highest BCUT2D eigenvalue weighted by Gasteiger charge is 2.66. The van der Waals surface area contributed by atoms with Crippen LogP contribution in [0.3, 0.4) is 0 Å². The summed E-state index contributed by atoms with van der Waals surface area (Å²) < 4.78 is 6.22. The number of halogens is 1. The first-order chi connectivity index (χ1) is 22.8. The van der Waals surface area contributed by atoms with Crippen LogP contribution in [0, 0.1) is 23.7 Å². The van der Waals surface area contributed by atoms with Crippen molar-refractivity contribution in [1.82, 2.24) is 0 Å². The fraction of sp³-hybridized carbons (Fsp3) is 0.231. The minimum Gasteiger partial charge on any atom is -0.463 e. The molecule has 2 amide bonds. The Morgan fingerprint density at radius 2 is 1.53 bits per heavy atom. The second-order valence-corrected chi connectivity index (χ2v) is 13.2. The van der Waals surface area contributed by atoms with Crippen molar-refractivity contribution in [2.24, 2.45) is 23.7 Å². The molecule has 1 aliphatic heterocycles. The zero-order chi connectivity index (χ0) is 32.4. The number of carbonyl (C=O) groups excluding carboxylic acids is 4. The molecule has 1 N–H and O–H groups in total. The van der Waals surface area contributed by atoms with Crippen LogP contribution in [0.1, 0.15) is 41.4 Å². The van der Waals surface area contributed by atoms with Gasteiger partial charge in [-0.2, -0.15) is 0 Å². The van der Waals surface area contributed by atoms with Crippen LogP contribution in [0.4, 0.5) is 5.69 Å². The number of allylic oxidation sites excluding steroid dienone is 4. The molecule has 47 heavy (non-hydrogen) atoms. The number of aliphatic hydroxyl groups is 1. The van der Waals surface area contributed by atoms with Gasteiger partial charge in [-0.05, 0) is 72.4 Å². The Kier molecular flexibility index (Phi) is 7.01. The van der Waals surface area contributed by atoms with Crippen LogP contribution < -0.4 is 4.90 Å². The van der Waals surface area contributed by atoms with Crippen LogP contribution in [-0.4, -0.2) is 28.5 Å². The number of amides is 2. The summed E-state index contributed by atoms with van der Waals surface area (Å²) in [7, 11) is 0. The Labute approximate surface area is 276 Å². The van der Waals surface area contributed by atoms with Gasteiger partial charge in [-0.15, -0.1) is 0 Å². The normalized spacial score (nSPS) is 28.4. The van der Waals surface area contributed by atoms with Crippen molar-refractivity contribution in [3.63, 3.8) is 0 Å². The lowest BCUT2D eigenvalue weighted by atomic mass is 9.45. The summed E-state index contributed by atoms with van der Waals surface area (Å²) in [5.74, 6) is -3.74. The van der Waals surface area contributed by atoms with E-state index in [1.165, 1.54) is 11.0 Å². The SMILES string of the molecule is O=C1C(c2ccccc2)=CC(=O)[C@@]2(c3ccccc3)[C@@H](c3ccc(CO)o3)C3=CC[C@@H]4C(=O)N(c5ccc(Cl)cc5)C(=O)[C@@H]4[C@@H]3C[C@@H]12. The van der Waals surface area contributed by atoms with E-state index in [1.807, 2.05) is 66.7 Å². The number of nitrogens with zero attached hydrogens (tertiary/aromatic N) is 1. The number of Topliss-reactive ketones (excluding diaryl/α,β-unsaturated/α-hetero) is 1. The summed E-state index contributed by atoms with van der Waals surface area (Å²) in [5.41, 5.74) is 1.53. The minimum atomic E-state index is -1.38. The molecule has 4 aromatic rings. The maximum atomic E-state index is 14.9. The molecule has 234 valence electrons. The molecule has 7 nitrogen and oxygen atoms in total. The fourth-order valence-electron chi connectivity index (χ4n) is 8.66. The van der Waals surface area contributed by atoms with E-state index in [4.69, 9.17) is 16.0 Å². The molecule has 1 aromatic heterocycles. The molecule has 3 aromatic carbocycles. The van der Waals surface area contributed by atoms with Crippen LogP contribution in [0.2, 0.25) is 5.02 Å². The third-order valence-electron chi connectivity index (χ3n) is 10.6. The maximum Gasteiger partial charge on any atom is 0.238 e. The predicted octanol–water partition coefficient (Wildman–Crippen LogP) is 6.45. The first-order valence-electron chi connectivity index (χ1n) is 15.8. The monoisotopic (exact) mass is 643 g/mol. The van der Waals surface area contributed by atoms with Crippen LogP contribution in [-0.2, 0) is 31.2 Å². The molecule has 6 atom stereocenters. The lowest BCUT2D eigenvalue weighted by Crippen LogP contribution is -2.58. The predicted molar refractivity (Wildman–Crippen MR) is 175 cm³/mol. The van der Waals surface area contributed by atoms with Crippen molar-refractivity contribution in [3.8, 4) is 0 Å². The summed E-state index contributed by atoms with van der Waals surface area (Å²) >= 11 is 6.12. The van der Waals surface area contributed by atoms with Crippen molar-refractivity contribution >= 4 is 46.2 Å². The number of anilines is 1. The summed E-state index contributed by atoms with van der Waals surface area (Å²) in [6.45, 7) is -0.338. The number of rotatable bonds is 5. The van der Waals surface area contributed by atoms with Gasteiger partial charge < -0.3 is 9.52 Å². The third kappa shape index (κ3) is 4.30. The molecular formula is C39H30ClNO6. The van der Waals surface area contributed by atoms with E-state index in [-0.39, 0.29) is 36.4 Å². The Morgan fingerprint density at radius 3 is 2.21 bits per heavy atom. The minimum absolute atomic E-state index is 0.189. The lowest BCUT2D eigenvalue weighted by molar-refractivity contribution is -0.135. The second-order valence-electron chi connectivity index (χ2n) is 12.7. The van der Waals surface area contributed by atoms with Gasteiger partial charge in [0.15, 0.2) is 11.6 Å². The average Bonchev–Trinajstić information content (AvgIpc) is 3.68. The van der Waals surface area contributed by atoms with Crippen molar-refractivity contribution in [1.29, 1.82) is 0 Å². The van der Waals surface area contributed by atoms with E-state index in [2.05, 4.69) is 0 Å². The number of ketones is 2. The number of hydrogen-bond acceptors (Lipinski definition) is 6. The van der Waals surface area contributed by atoms with Crippen molar-refractivity contribution in [2.45, 2.75) is 30.8 Å². The number of fused-ring (bicyclic) bond motifs is 4. The van der Waals surface area contributed by atoms with E-state index in [0.29, 0.717) is 45.4 Å². The van der Waals surface area contributed by atoms with Crippen molar-refractivity contribution in [2.75, 3.05) is 4.90 Å². The standard InChI is InChI=1S/C39H30ClNO6/c40-24-11-13-25(14-12-24)41-37(45)28-17-16-27-30(34(28)38(41)46)19-31-36(44)29(22-7-3-1-4-8-22)20-33(43)39(31,23-9-5-2-6-10-23)35(27)32-18-15-26(21-42)47-32/h1-16,18,20,28,30-31,34-35,42H,17,19,21H2/t28-,30+,31-,34-,35+,39-/m0/s1. The van der Waals surface area contributed by atoms with Gasteiger partial charge in [-0.1, -0.05) is 83.9 Å². The molecule has 0 radical (unpaired) electrons. The highest BCUT2D eigenvalue weighted by atomic mass is 35.5. The first kappa shape index (κ1) is 29.5. The zero-order valence-corrected chi connectivity index (χ0v) is 26.0. The van der Waals surface area contributed by atoms with Gasteiger partial charge in [0.05, 0.1) is 28.9 Å². The average molecular weight is 644 g/mol. The molecule has 0 bridgehead atoms. The Balaban J connectivity index is 1.34. The van der Waals surface area contributed by atoms with E-state index in [9.17, 15) is 24.3 Å². The van der Waals surface area contributed by atoms with Crippen molar-refractivity contribution < 1.29 is 28.7 Å². The highest BCUT2D eigenvalue weighted by Crippen LogP contribution is 2.63. The smallest absolute Gasteiger partial charge is 0.238 e. The number of aliphatic hydroxyl groups excluding tert-OH is 1. The van der Waals surface area contributed by atoms with Crippen LogP contribution in [0.5, 0.6) is 0 Å². The number of hydrogen-bond donors (Lipinski definition) is 1. The summed E-state index contributed by atoms with van der Waals surface area (Å²) in [5, 5.41) is 10.4. The number of imide groups is 1. The summed E-state index contributed by atoms with van der Waals surface area (Å²) in [6, 6.07) is 28.5. The van der Waals surface area contributed by atoms with Crippen LogP contribution in [0.15, 0.2) is 119 Å². The number of furan rings is 1. The lowest BCUT2D eigenvalue weighted by Gasteiger charge is -2.54. The van der Waals surface area contributed by atoms with Gasteiger partial charge >= 0.3 is 0 Å². The van der Waals surface area contributed by atoms with E-state index in [1.54, 1.807) is 36.4 Å². The second kappa shape index (κ2) is 11.1. The highest BCUT2D eigenvalue weighted by molar-refractivity contribution is 6.32. The summed E-state index contributed by atoms with van der Waals surface area (Å²) in [4.78, 5) is 59.3. The molecule has 8 heteroatoms. The Hall–Kier alpha value is -4.85. The molecule has 0 unspecified atom stereocenters. The Bertz CT molecular complexity index is 2000. The molecule has 4 aliphatic rings.